The minimum Gasteiger partial charge on any atom is -0.492 e. The zero-order valence-corrected chi connectivity index (χ0v) is 16.4. The van der Waals surface area contributed by atoms with Crippen LogP contribution in [0.3, 0.4) is 0 Å². The Hall–Kier alpha value is -2.08. The fraction of sp³-hybridized carbons (Fsp3) is 0.619. The molecule has 1 saturated heterocycles. The van der Waals surface area contributed by atoms with E-state index < -0.39 is 0 Å². The summed E-state index contributed by atoms with van der Waals surface area (Å²) in [6.07, 6.45) is 4.96. The Kier molecular flexibility index (Phi) is 6.72. The van der Waals surface area contributed by atoms with Crippen LogP contribution in [0.4, 0.5) is 0 Å². The molecule has 0 bridgehead atoms. The van der Waals surface area contributed by atoms with Gasteiger partial charge in [-0.3, -0.25) is 14.5 Å². The second-order valence-corrected chi connectivity index (χ2v) is 7.66. The van der Waals surface area contributed by atoms with Gasteiger partial charge in [-0.05, 0) is 31.9 Å². The first-order chi connectivity index (χ1) is 13.0. The number of benzene rings is 1. The van der Waals surface area contributed by atoms with Crippen molar-refractivity contribution in [3.8, 4) is 5.75 Å². The lowest BCUT2D eigenvalue weighted by Crippen LogP contribution is -2.59. The smallest absolute Gasteiger partial charge is 0.237 e. The highest BCUT2D eigenvalue weighted by Gasteiger charge is 2.37. The molecule has 1 N–H and O–H groups in total. The number of ether oxygens (including phenoxy) is 1. The van der Waals surface area contributed by atoms with E-state index in [1.54, 1.807) is 11.9 Å². The Balaban J connectivity index is 1.49. The van der Waals surface area contributed by atoms with E-state index in [9.17, 15) is 9.59 Å². The lowest BCUT2D eigenvalue weighted by Gasteiger charge is -2.39. The second kappa shape index (κ2) is 9.22. The molecule has 6 heteroatoms. The van der Waals surface area contributed by atoms with Crippen LogP contribution in [0.5, 0.6) is 5.75 Å². The number of hydrogen-bond donors (Lipinski definition) is 1. The average Bonchev–Trinajstić information content (AvgIpc) is 3.19. The second-order valence-electron chi connectivity index (χ2n) is 7.66. The van der Waals surface area contributed by atoms with Crippen molar-refractivity contribution >= 4 is 11.8 Å². The van der Waals surface area contributed by atoms with E-state index in [1.165, 1.54) is 18.4 Å². The molecule has 1 aromatic rings. The maximum absolute atomic E-state index is 12.7. The molecule has 2 amide bonds. The first-order valence-corrected chi connectivity index (χ1v) is 10.0. The number of carbonyl (C=O) groups excluding carboxylic acids is 2. The Morgan fingerprint density at radius 3 is 2.67 bits per heavy atom. The number of piperazine rings is 1. The van der Waals surface area contributed by atoms with Crippen LogP contribution >= 0.6 is 0 Å². The molecule has 0 spiro atoms. The zero-order valence-electron chi connectivity index (χ0n) is 16.4. The van der Waals surface area contributed by atoms with Crippen LogP contribution in [-0.4, -0.2) is 67.0 Å². The molecule has 6 nitrogen and oxygen atoms in total. The topological polar surface area (TPSA) is 61.9 Å². The van der Waals surface area contributed by atoms with Crippen molar-refractivity contribution in [1.29, 1.82) is 0 Å². The fourth-order valence-corrected chi connectivity index (χ4v) is 4.00. The highest BCUT2D eigenvalue weighted by Crippen LogP contribution is 2.27. The molecule has 1 atom stereocenters. The van der Waals surface area contributed by atoms with Crippen LogP contribution in [0.25, 0.3) is 0 Å². The van der Waals surface area contributed by atoms with Gasteiger partial charge in [0, 0.05) is 26.2 Å². The summed E-state index contributed by atoms with van der Waals surface area (Å²) < 4.78 is 5.71. The Morgan fingerprint density at radius 1 is 1.26 bits per heavy atom. The maximum atomic E-state index is 12.7. The van der Waals surface area contributed by atoms with Crippen LogP contribution in [0.1, 0.15) is 37.7 Å². The molecule has 27 heavy (non-hydrogen) atoms. The van der Waals surface area contributed by atoms with E-state index in [0.29, 0.717) is 25.7 Å². The van der Waals surface area contributed by atoms with Gasteiger partial charge < -0.3 is 15.0 Å². The van der Waals surface area contributed by atoms with Crippen molar-refractivity contribution in [2.45, 2.75) is 51.1 Å². The Labute approximate surface area is 161 Å². The quantitative estimate of drug-likeness (QED) is 0.794. The van der Waals surface area contributed by atoms with Gasteiger partial charge in [-0.25, -0.2) is 0 Å². The Morgan fingerprint density at radius 2 is 1.96 bits per heavy atom. The number of rotatable bonds is 7. The van der Waals surface area contributed by atoms with Gasteiger partial charge in [0.2, 0.25) is 11.8 Å². The molecule has 148 valence electrons. The SMILES string of the molecule is Cc1ccc(OCCN(C)C(=O)C[C@@H]2C(=O)NCCN2C2CCCC2)cc1. The number of amides is 2. The third kappa shape index (κ3) is 5.22. The van der Waals surface area contributed by atoms with Crippen LogP contribution in [-0.2, 0) is 9.59 Å². The minimum atomic E-state index is -0.338. The van der Waals surface area contributed by atoms with Gasteiger partial charge in [-0.1, -0.05) is 30.5 Å². The number of likely N-dealkylation sites (N-methyl/N-ethyl adjacent to an activating group) is 1. The summed E-state index contributed by atoms with van der Waals surface area (Å²) in [4.78, 5) is 29.0. The molecule has 2 fully saturated rings. The van der Waals surface area contributed by atoms with E-state index in [2.05, 4.69) is 10.2 Å². The molecule has 0 radical (unpaired) electrons. The molecule has 3 rings (SSSR count). The van der Waals surface area contributed by atoms with Crippen LogP contribution in [0.2, 0.25) is 0 Å². The molecular formula is C21H31N3O3. The molecule has 2 aliphatic rings. The number of nitrogens with zero attached hydrogens (tertiary/aromatic N) is 2. The molecule has 1 heterocycles. The molecule has 1 aliphatic carbocycles. The van der Waals surface area contributed by atoms with Crippen LogP contribution < -0.4 is 10.1 Å². The third-order valence-electron chi connectivity index (χ3n) is 5.68. The number of nitrogens with one attached hydrogen (secondary N) is 1. The summed E-state index contributed by atoms with van der Waals surface area (Å²) in [5.41, 5.74) is 1.19. The summed E-state index contributed by atoms with van der Waals surface area (Å²) in [7, 11) is 1.78. The molecule has 0 aromatic heterocycles. The predicted molar refractivity (Wildman–Crippen MR) is 105 cm³/mol. The van der Waals surface area contributed by atoms with Gasteiger partial charge in [-0.15, -0.1) is 0 Å². The molecule has 1 aromatic carbocycles. The Bertz CT molecular complexity index is 641. The van der Waals surface area contributed by atoms with E-state index >= 15 is 0 Å². The third-order valence-corrected chi connectivity index (χ3v) is 5.68. The van der Waals surface area contributed by atoms with E-state index in [0.717, 1.165) is 25.1 Å². The van der Waals surface area contributed by atoms with Gasteiger partial charge in [0.05, 0.1) is 19.0 Å². The number of hydrogen-bond acceptors (Lipinski definition) is 4. The monoisotopic (exact) mass is 373 g/mol. The molecule has 0 unspecified atom stereocenters. The number of aryl methyl sites for hydroxylation is 1. The summed E-state index contributed by atoms with van der Waals surface area (Å²) in [6.45, 7) is 4.50. The molecule has 1 aliphatic heterocycles. The first kappa shape index (κ1) is 19.7. The molecular weight excluding hydrogens is 342 g/mol. The van der Waals surface area contributed by atoms with Crippen molar-refractivity contribution in [3.05, 3.63) is 29.8 Å². The van der Waals surface area contributed by atoms with E-state index in [4.69, 9.17) is 4.74 Å². The van der Waals surface area contributed by atoms with Gasteiger partial charge in [0.25, 0.3) is 0 Å². The summed E-state index contributed by atoms with van der Waals surface area (Å²) in [5, 5.41) is 2.92. The van der Waals surface area contributed by atoms with Crippen molar-refractivity contribution in [2.75, 3.05) is 33.3 Å². The maximum Gasteiger partial charge on any atom is 0.237 e. The van der Waals surface area contributed by atoms with Gasteiger partial charge in [0.15, 0.2) is 0 Å². The van der Waals surface area contributed by atoms with E-state index in [-0.39, 0.29) is 24.3 Å². The normalized spacial score (nSPS) is 21.1. The van der Waals surface area contributed by atoms with Crippen LogP contribution in [0, 0.1) is 6.92 Å². The standard InChI is InChI=1S/C21H31N3O3/c1-16-7-9-18(10-8-16)27-14-13-23(2)20(25)15-19-21(26)22-11-12-24(19)17-5-3-4-6-17/h7-10,17,19H,3-6,11-15H2,1-2H3,(H,22,26)/t19-/m1/s1. The highest BCUT2D eigenvalue weighted by atomic mass is 16.5. The van der Waals surface area contributed by atoms with Crippen molar-refractivity contribution in [2.24, 2.45) is 0 Å². The van der Waals surface area contributed by atoms with Crippen molar-refractivity contribution < 1.29 is 14.3 Å². The first-order valence-electron chi connectivity index (χ1n) is 10.0. The summed E-state index contributed by atoms with van der Waals surface area (Å²) >= 11 is 0. The van der Waals surface area contributed by atoms with Gasteiger partial charge >= 0.3 is 0 Å². The lowest BCUT2D eigenvalue weighted by atomic mass is 10.0. The van der Waals surface area contributed by atoms with Gasteiger partial charge in [0.1, 0.15) is 12.4 Å². The summed E-state index contributed by atoms with van der Waals surface area (Å²) in [5.74, 6) is 0.791. The highest BCUT2D eigenvalue weighted by molar-refractivity contribution is 5.88. The number of carbonyl (C=O) groups is 2. The van der Waals surface area contributed by atoms with Crippen molar-refractivity contribution in [3.63, 3.8) is 0 Å². The van der Waals surface area contributed by atoms with Gasteiger partial charge in [-0.2, -0.15) is 0 Å². The predicted octanol–water partition coefficient (Wildman–Crippen LogP) is 1.97. The minimum absolute atomic E-state index is 0.00690. The summed E-state index contributed by atoms with van der Waals surface area (Å²) in [6, 6.07) is 7.98. The van der Waals surface area contributed by atoms with E-state index in [1.807, 2.05) is 31.2 Å². The lowest BCUT2D eigenvalue weighted by molar-refractivity contribution is -0.139. The average molecular weight is 373 g/mol. The zero-order chi connectivity index (χ0) is 19.2. The van der Waals surface area contributed by atoms with Crippen LogP contribution in [0.15, 0.2) is 24.3 Å². The molecule has 1 saturated carbocycles. The fourth-order valence-electron chi connectivity index (χ4n) is 4.00. The van der Waals surface area contributed by atoms with Crippen molar-refractivity contribution in [1.82, 2.24) is 15.1 Å². The largest absolute Gasteiger partial charge is 0.492 e.